The monoisotopic (exact) mass is 378 g/mol. The Hall–Kier alpha value is -2.73. The molecule has 2 fully saturated rings. The highest BCUT2D eigenvalue weighted by atomic mass is 32.1. The molecule has 2 heterocycles. The van der Waals surface area contributed by atoms with Crippen LogP contribution < -0.4 is 10.2 Å². The van der Waals surface area contributed by atoms with Crippen LogP contribution in [-0.4, -0.2) is 17.7 Å². The standard InChI is InChI=1S/C21H18N2O3S/c1-11-9-14(6-7-15(11)22-19(24)16-3-2-8-27-16)23-20(25)17-12-4-5-13(10-12)18(17)21(23)26/h2-9,12-13,17-18H,10H2,1H3,(H,22,24)/t12-,13-,17-,18+/m1/s1. The summed E-state index contributed by atoms with van der Waals surface area (Å²) in [6, 6.07) is 8.91. The first-order valence-corrected chi connectivity index (χ1v) is 9.94. The number of amides is 3. The molecule has 1 aliphatic heterocycles. The summed E-state index contributed by atoms with van der Waals surface area (Å²) < 4.78 is 0. The molecule has 2 aromatic rings. The lowest BCUT2D eigenvalue weighted by Crippen LogP contribution is -2.32. The number of nitrogens with one attached hydrogen (secondary N) is 1. The van der Waals surface area contributed by atoms with E-state index < -0.39 is 0 Å². The fraction of sp³-hybridized carbons (Fsp3) is 0.286. The molecule has 5 rings (SSSR count). The summed E-state index contributed by atoms with van der Waals surface area (Å²) in [4.78, 5) is 40.1. The number of aryl methyl sites for hydroxylation is 1. The molecule has 1 aromatic carbocycles. The number of allylic oxidation sites excluding steroid dienone is 2. The minimum atomic E-state index is -0.203. The van der Waals surface area contributed by atoms with E-state index in [-0.39, 0.29) is 41.4 Å². The molecule has 4 atom stereocenters. The molecular weight excluding hydrogens is 360 g/mol. The Morgan fingerprint density at radius 1 is 1.11 bits per heavy atom. The number of thiophene rings is 1. The van der Waals surface area contributed by atoms with Crippen molar-refractivity contribution in [1.82, 2.24) is 0 Å². The highest BCUT2D eigenvalue weighted by Crippen LogP contribution is 2.53. The molecule has 0 radical (unpaired) electrons. The van der Waals surface area contributed by atoms with Crippen LogP contribution in [0.2, 0.25) is 0 Å². The van der Waals surface area contributed by atoms with Crippen molar-refractivity contribution in [3.63, 3.8) is 0 Å². The van der Waals surface area contributed by atoms with E-state index in [0.717, 1.165) is 12.0 Å². The van der Waals surface area contributed by atoms with Gasteiger partial charge in [-0.1, -0.05) is 18.2 Å². The lowest BCUT2D eigenvalue weighted by atomic mass is 9.85. The lowest BCUT2D eigenvalue weighted by Gasteiger charge is -2.19. The number of hydrogen-bond donors (Lipinski definition) is 1. The van der Waals surface area contributed by atoms with Gasteiger partial charge in [-0.3, -0.25) is 19.3 Å². The highest BCUT2D eigenvalue weighted by Gasteiger charge is 2.59. The lowest BCUT2D eigenvalue weighted by molar-refractivity contribution is -0.123. The van der Waals surface area contributed by atoms with E-state index in [4.69, 9.17) is 0 Å². The van der Waals surface area contributed by atoms with E-state index >= 15 is 0 Å². The van der Waals surface area contributed by atoms with E-state index in [2.05, 4.69) is 17.5 Å². The van der Waals surface area contributed by atoms with Gasteiger partial charge in [-0.2, -0.15) is 0 Å². The molecule has 1 saturated heterocycles. The van der Waals surface area contributed by atoms with Crippen molar-refractivity contribution < 1.29 is 14.4 Å². The molecule has 0 spiro atoms. The van der Waals surface area contributed by atoms with Crippen molar-refractivity contribution in [2.24, 2.45) is 23.7 Å². The smallest absolute Gasteiger partial charge is 0.265 e. The number of benzene rings is 1. The van der Waals surface area contributed by atoms with Gasteiger partial charge in [0.05, 0.1) is 22.4 Å². The van der Waals surface area contributed by atoms with Crippen LogP contribution in [0.15, 0.2) is 47.9 Å². The number of carbonyl (C=O) groups excluding carboxylic acids is 3. The zero-order valence-corrected chi connectivity index (χ0v) is 15.5. The number of carbonyl (C=O) groups is 3. The first-order chi connectivity index (χ1) is 13.0. The van der Waals surface area contributed by atoms with Gasteiger partial charge in [0.2, 0.25) is 11.8 Å². The van der Waals surface area contributed by atoms with Crippen molar-refractivity contribution in [3.05, 3.63) is 58.3 Å². The minimum Gasteiger partial charge on any atom is -0.321 e. The van der Waals surface area contributed by atoms with Gasteiger partial charge in [0.25, 0.3) is 5.91 Å². The van der Waals surface area contributed by atoms with Crippen molar-refractivity contribution in [3.8, 4) is 0 Å². The predicted molar refractivity (Wildman–Crippen MR) is 104 cm³/mol. The Balaban J connectivity index is 1.40. The molecule has 2 aliphatic carbocycles. The third-order valence-corrected chi connectivity index (χ3v) is 6.80. The van der Waals surface area contributed by atoms with E-state index in [9.17, 15) is 14.4 Å². The van der Waals surface area contributed by atoms with Crippen molar-refractivity contribution in [1.29, 1.82) is 0 Å². The first kappa shape index (κ1) is 16.4. The van der Waals surface area contributed by atoms with Crippen LogP contribution in [0.1, 0.15) is 21.7 Å². The second-order valence-corrected chi connectivity index (χ2v) is 8.39. The summed E-state index contributed by atoms with van der Waals surface area (Å²) in [7, 11) is 0. The fourth-order valence-electron chi connectivity index (χ4n) is 4.68. The van der Waals surface area contributed by atoms with Crippen LogP contribution in [-0.2, 0) is 9.59 Å². The number of anilines is 2. The molecule has 0 unspecified atom stereocenters. The molecule has 27 heavy (non-hydrogen) atoms. The maximum Gasteiger partial charge on any atom is 0.265 e. The predicted octanol–water partition coefficient (Wildman–Crippen LogP) is 3.62. The third kappa shape index (κ3) is 2.40. The molecule has 5 nitrogen and oxygen atoms in total. The summed E-state index contributed by atoms with van der Waals surface area (Å²) in [5, 5.41) is 4.75. The Morgan fingerprint density at radius 2 is 1.81 bits per heavy atom. The van der Waals surface area contributed by atoms with Crippen molar-refractivity contribution in [2.75, 3.05) is 10.2 Å². The van der Waals surface area contributed by atoms with Crippen LogP contribution in [0.3, 0.4) is 0 Å². The number of imide groups is 1. The Morgan fingerprint density at radius 3 is 2.41 bits per heavy atom. The Bertz CT molecular complexity index is 965. The zero-order chi connectivity index (χ0) is 18.7. The van der Waals surface area contributed by atoms with E-state index in [1.165, 1.54) is 16.2 Å². The average Bonchev–Trinajstić information content (AvgIpc) is 3.42. The second kappa shape index (κ2) is 5.89. The van der Waals surface area contributed by atoms with Gasteiger partial charge in [-0.15, -0.1) is 11.3 Å². The van der Waals surface area contributed by atoms with Gasteiger partial charge in [0.15, 0.2) is 0 Å². The maximum absolute atomic E-state index is 12.9. The fourth-order valence-corrected chi connectivity index (χ4v) is 5.29. The van der Waals surface area contributed by atoms with Crippen LogP contribution in [0.5, 0.6) is 0 Å². The molecule has 1 N–H and O–H groups in total. The summed E-state index contributed by atoms with van der Waals surface area (Å²) in [5.41, 5.74) is 2.08. The second-order valence-electron chi connectivity index (χ2n) is 7.44. The van der Waals surface area contributed by atoms with Gasteiger partial charge in [0.1, 0.15) is 0 Å². The Labute approximate surface area is 160 Å². The zero-order valence-electron chi connectivity index (χ0n) is 14.7. The van der Waals surface area contributed by atoms with E-state index in [1.807, 2.05) is 18.4 Å². The van der Waals surface area contributed by atoms with Gasteiger partial charge in [-0.25, -0.2) is 0 Å². The maximum atomic E-state index is 12.9. The number of nitrogens with zero attached hydrogens (tertiary/aromatic N) is 1. The molecule has 2 bridgehead atoms. The average molecular weight is 378 g/mol. The molecule has 6 heteroatoms. The van der Waals surface area contributed by atoms with Gasteiger partial charge < -0.3 is 5.32 Å². The summed E-state index contributed by atoms with van der Waals surface area (Å²) in [6.07, 6.45) is 5.11. The number of hydrogen-bond acceptors (Lipinski definition) is 4. The SMILES string of the molecule is Cc1cc(N2C(=O)[C@@H]3[C@H](C2=O)[C@@H]2C=C[C@@H]3C2)ccc1NC(=O)c1cccs1. The number of rotatable bonds is 3. The molecule has 136 valence electrons. The van der Waals surface area contributed by atoms with Crippen molar-refractivity contribution >= 4 is 40.4 Å². The largest absolute Gasteiger partial charge is 0.321 e. The highest BCUT2D eigenvalue weighted by molar-refractivity contribution is 7.12. The van der Waals surface area contributed by atoms with E-state index in [0.29, 0.717) is 16.3 Å². The number of fused-ring (bicyclic) bond motifs is 5. The van der Waals surface area contributed by atoms with Crippen LogP contribution in [0, 0.1) is 30.6 Å². The summed E-state index contributed by atoms with van der Waals surface area (Å²) >= 11 is 1.38. The Kier molecular flexibility index (Phi) is 3.59. The van der Waals surface area contributed by atoms with Crippen molar-refractivity contribution in [2.45, 2.75) is 13.3 Å². The molecule has 3 aliphatic rings. The van der Waals surface area contributed by atoms with E-state index in [1.54, 1.807) is 24.3 Å². The molecule has 3 amide bonds. The first-order valence-electron chi connectivity index (χ1n) is 9.06. The molecule has 1 saturated carbocycles. The van der Waals surface area contributed by atoms with Crippen LogP contribution in [0.25, 0.3) is 0 Å². The van der Waals surface area contributed by atoms with Gasteiger partial charge in [0, 0.05) is 5.69 Å². The van der Waals surface area contributed by atoms with Crippen LogP contribution in [0.4, 0.5) is 11.4 Å². The summed E-state index contributed by atoms with van der Waals surface area (Å²) in [6.45, 7) is 1.87. The van der Waals surface area contributed by atoms with Crippen LogP contribution >= 0.6 is 11.3 Å². The summed E-state index contributed by atoms with van der Waals surface area (Å²) in [5.74, 6) is -0.338. The topological polar surface area (TPSA) is 66.5 Å². The molecule has 1 aromatic heterocycles. The quantitative estimate of drug-likeness (QED) is 0.655. The third-order valence-electron chi connectivity index (χ3n) is 5.93. The normalized spacial score (nSPS) is 28.1. The van der Waals surface area contributed by atoms with Gasteiger partial charge in [-0.05, 0) is 60.4 Å². The molecular formula is C21H18N2O3S. The van der Waals surface area contributed by atoms with Gasteiger partial charge >= 0.3 is 0 Å². The minimum absolute atomic E-state index is 0.0865.